The van der Waals surface area contributed by atoms with Gasteiger partial charge in [-0.3, -0.25) is 14.4 Å². The van der Waals surface area contributed by atoms with Crippen LogP contribution in [0.3, 0.4) is 0 Å². The molecule has 0 unspecified atom stereocenters. The van der Waals surface area contributed by atoms with E-state index in [1.807, 2.05) is 0 Å². The van der Waals surface area contributed by atoms with E-state index in [1.54, 1.807) is 19.1 Å². The number of carbonyl (C=O) groups is 2. The first-order valence-electron chi connectivity index (χ1n) is 10.2. The molecule has 1 fully saturated rings. The van der Waals surface area contributed by atoms with Crippen LogP contribution in [0.2, 0.25) is 0 Å². The molecule has 164 valence electrons. The minimum atomic E-state index is -0.988. The average Bonchev–Trinajstić information content (AvgIpc) is 2.93. The van der Waals surface area contributed by atoms with Crippen LogP contribution in [0.5, 0.6) is 5.75 Å². The van der Waals surface area contributed by atoms with Crippen molar-refractivity contribution >= 4 is 11.8 Å². The highest BCUT2D eigenvalue weighted by Crippen LogP contribution is 2.34. The third-order valence-corrected chi connectivity index (χ3v) is 6.06. The maximum Gasteiger partial charge on any atom is 0.274 e. The number of nitrogens with zero attached hydrogens (tertiary/aromatic N) is 2. The first-order valence-corrected chi connectivity index (χ1v) is 10.2. The lowest BCUT2D eigenvalue weighted by Gasteiger charge is -2.37. The SMILES string of the molecule is Cc1ccc(CNC(=O)c2cn3c(c(O)c2=O)C(=O)N2C[C@@H]3CCC[C@@H]2CF)c(F)c1. The number of benzene rings is 1. The molecule has 2 amide bonds. The Morgan fingerprint density at radius 3 is 2.77 bits per heavy atom. The van der Waals surface area contributed by atoms with Gasteiger partial charge in [-0.15, -0.1) is 0 Å². The van der Waals surface area contributed by atoms with E-state index in [0.29, 0.717) is 19.3 Å². The minimum Gasteiger partial charge on any atom is -0.503 e. The highest BCUT2D eigenvalue weighted by atomic mass is 19.1. The molecule has 0 spiro atoms. The largest absolute Gasteiger partial charge is 0.503 e. The Balaban J connectivity index is 1.66. The van der Waals surface area contributed by atoms with Gasteiger partial charge in [0.2, 0.25) is 5.43 Å². The molecule has 1 aromatic heterocycles. The number of hydrogen-bond donors (Lipinski definition) is 2. The molecule has 2 aromatic rings. The lowest BCUT2D eigenvalue weighted by molar-refractivity contribution is 0.0557. The summed E-state index contributed by atoms with van der Waals surface area (Å²) in [5, 5.41) is 13.0. The maximum atomic E-state index is 14.0. The van der Waals surface area contributed by atoms with Gasteiger partial charge in [0.25, 0.3) is 11.8 Å². The summed E-state index contributed by atoms with van der Waals surface area (Å²) in [6, 6.07) is 3.72. The fourth-order valence-corrected chi connectivity index (χ4v) is 4.33. The highest BCUT2D eigenvalue weighted by Gasteiger charge is 2.40. The molecule has 7 nitrogen and oxygen atoms in total. The number of nitrogens with one attached hydrogen (secondary N) is 1. The molecule has 3 heterocycles. The first kappa shape index (κ1) is 21.0. The summed E-state index contributed by atoms with van der Waals surface area (Å²) in [4.78, 5) is 39.6. The number of carbonyl (C=O) groups excluding carboxylic acids is 2. The van der Waals surface area contributed by atoms with Crippen molar-refractivity contribution in [2.24, 2.45) is 0 Å². The van der Waals surface area contributed by atoms with Gasteiger partial charge >= 0.3 is 0 Å². The molecule has 0 radical (unpaired) electrons. The van der Waals surface area contributed by atoms with Crippen molar-refractivity contribution in [3.8, 4) is 5.75 Å². The van der Waals surface area contributed by atoms with E-state index < -0.39 is 41.5 Å². The molecule has 4 rings (SSSR count). The summed E-state index contributed by atoms with van der Waals surface area (Å²) in [7, 11) is 0. The lowest BCUT2D eigenvalue weighted by atomic mass is 10.1. The Hall–Kier alpha value is -3.23. The van der Waals surface area contributed by atoms with E-state index in [-0.39, 0.29) is 36.0 Å². The summed E-state index contributed by atoms with van der Waals surface area (Å²) >= 11 is 0. The van der Waals surface area contributed by atoms with Gasteiger partial charge in [-0.25, -0.2) is 8.78 Å². The number of pyridine rings is 1. The second-order valence-electron chi connectivity index (χ2n) is 8.10. The predicted octanol–water partition coefficient (Wildman–Crippen LogP) is 2.45. The number of amides is 2. The van der Waals surface area contributed by atoms with Crippen molar-refractivity contribution < 1.29 is 23.5 Å². The molecular weight excluding hydrogens is 408 g/mol. The zero-order valence-electron chi connectivity index (χ0n) is 17.0. The predicted molar refractivity (Wildman–Crippen MR) is 108 cm³/mol. The van der Waals surface area contributed by atoms with Crippen LogP contribution in [0.25, 0.3) is 0 Å². The third-order valence-electron chi connectivity index (χ3n) is 6.06. The number of aryl methyl sites for hydroxylation is 1. The Morgan fingerprint density at radius 1 is 1.29 bits per heavy atom. The van der Waals surface area contributed by atoms with Crippen molar-refractivity contribution in [2.75, 3.05) is 13.2 Å². The monoisotopic (exact) mass is 431 g/mol. The van der Waals surface area contributed by atoms with Gasteiger partial charge in [0.15, 0.2) is 11.4 Å². The van der Waals surface area contributed by atoms with Crippen LogP contribution in [-0.2, 0) is 6.54 Å². The van der Waals surface area contributed by atoms with Gasteiger partial charge in [-0.1, -0.05) is 12.1 Å². The normalized spacial score (nSPS) is 20.2. The molecule has 2 aliphatic heterocycles. The minimum absolute atomic E-state index is 0.138. The van der Waals surface area contributed by atoms with E-state index >= 15 is 0 Å². The fourth-order valence-electron chi connectivity index (χ4n) is 4.33. The van der Waals surface area contributed by atoms with Crippen molar-refractivity contribution in [1.29, 1.82) is 0 Å². The van der Waals surface area contributed by atoms with Gasteiger partial charge in [0, 0.05) is 24.8 Å². The van der Waals surface area contributed by atoms with Gasteiger partial charge in [-0.05, 0) is 37.8 Å². The van der Waals surface area contributed by atoms with E-state index in [2.05, 4.69) is 5.32 Å². The Morgan fingerprint density at radius 2 is 2.06 bits per heavy atom. The lowest BCUT2D eigenvalue weighted by Crippen LogP contribution is -2.49. The van der Waals surface area contributed by atoms with Crippen LogP contribution >= 0.6 is 0 Å². The van der Waals surface area contributed by atoms with Crippen molar-refractivity contribution in [2.45, 2.75) is 44.8 Å². The van der Waals surface area contributed by atoms with Crippen LogP contribution in [0.4, 0.5) is 8.78 Å². The zero-order valence-corrected chi connectivity index (χ0v) is 17.0. The molecule has 31 heavy (non-hydrogen) atoms. The molecule has 2 atom stereocenters. The summed E-state index contributed by atoms with van der Waals surface area (Å²) in [5.74, 6) is -2.70. The highest BCUT2D eigenvalue weighted by molar-refractivity contribution is 5.99. The standard InChI is InChI=1S/C22H23F2N3O4/c1-12-5-6-13(17(24)7-12)9-25-21(30)16-11-26-15-4-2-3-14(8-23)27(10-15)22(31)18(26)20(29)19(16)28/h5-7,11,14-15,29H,2-4,8-10H2,1H3,(H,25,30)/t14-,15+/m1/s1. The third kappa shape index (κ3) is 3.68. The number of rotatable bonds is 4. The summed E-state index contributed by atoms with van der Waals surface area (Å²) in [6.07, 6.45) is 3.05. The molecule has 0 aliphatic carbocycles. The zero-order chi connectivity index (χ0) is 22.3. The fraction of sp³-hybridized carbons (Fsp3) is 0.409. The second-order valence-corrected chi connectivity index (χ2v) is 8.10. The molecule has 2 N–H and O–H groups in total. The Kier molecular flexibility index (Phi) is 5.51. The number of aromatic hydroxyl groups is 1. The molecular formula is C22H23F2N3O4. The number of alkyl halides is 1. The van der Waals surface area contributed by atoms with Crippen LogP contribution in [0.1, 0.15) is 57.3 Å². The van der Waals surface area contributed by atoms with Crippen LogP contribution in [0.15, 0.2) is 29.2 Å². The van der Waals surface area contributed by atoms with Crippen molar-refractivity contribution in [1.82, 2.24) is 14.8 Å². The molecule has 2 aliphatic rings. The topological polar surface area (TPSA) is 91.6 Å². The molecule has 2 bridgehead atoms. The molecule has 9 heteroatoms. The summed E-state index contributed by atoms with van der Waals surface area (Å²) < 4.78 is 28.9. The van der Waals surface area contributed by atoms with Gasteiger partial charge in [0.1, 0.15) is 18.1 Å². The van der Waals surface area contributed by atoms with Crippen LogP contribution in [0, 0.1) is 12.7 Å². The second kappa shape index (κ2) is 8.13. The summed E-state index contributed by atoms with van der Waals surface area (Å²) in [6.45, 7) is 1.16. The van der Waals surface area contributed by atoms with Crippen LogP contribution in [-0.4, -0.2) is 45.6 Å². The van der Waals surface area contributed by atoms with Gasteiger partial charge in [-0.2, -0.15) is 0 Å². The summed E-state index contributed by atoms with van der Waals surface area (Å²) in [5.41, 5.74) is -0.544. The molecule has 1 saturated heterocycles. The number of halogens is 2. The Bertz CT molecular complexity index is 1110. The van der Waals surface area contributed by atoms with E-state index in [9.17, 15) is 28.3 Å². The molecule has 1 aromatic carbocycles. The van der Waals surface area contributed by atoms with Gasteiger partial charge < -0.3 is 19.9 Å². The van der Waals surface area contributed by atoms with E-state index in [0.717, 1.165) is 5.56 Å². The van der Waals surface area contributed by atoms with E-state index in [4.69, 9.17) is 0 Å². The van der Waals surface area contributed by atoms with Crippen LogP contribution < -0.4 is 10.7 Å². The molecule has 0 saturated carbocycles. The van der Waals surface area contributed by atoms with Crippen molar-refractivity contribution in [3.05, 3.63) is 62.8 Å². The quantitative estimate of drug-likeness (QED) is 0.778. The first-order chi connectivity index (χ1) is 14.8. The van der Waals surface area contributed by atoms with E-state index in [1.165, 1.54) is 21.7 Å². The smallest absolute Gasteiger partial charge is 0.274 e. The number of hydrogen-bond acceptors (Lipinski definition) is 4. The average molecular weight is 431 g/mol. The number of fused-ring (bicyclic) bond motifs is 4. The Labute approximate surface area is 177 Å². The van der Waals surface area contributed by atoms with Crippen molar-refractivity contribution in [3.63, 3.8) is 0 Å². The van der Waals surface area contributed by atoms with Gasteiger partial charge in [0.05, 0.1) is 12.1 Å². The number of aromatic nitrogens is 1. The maximum absolute atomic E-state index is 14.0.